The molecule has 1 aromatic carbocycles. The van der Waals surface area contributed by atoms with E-state index in [1.54, 1.807) is 6.33 Å². The van der Waals surface area contributed by atoms with Gasteiger partial charge in [-0.05, 0) is 44.9 Å². The van der Waals surface area contributed by atoms with Crippen LogP contribution in [0.15, 0.2) is 24.5 Å². The maximum atomic E-state index is 4.70. The van der Waals surface area contributed by atoms with E-state index in [2.05, 4.69) is 46.8 Å². The Kier molecular flexibility index (Phi) is 3.49. The Hall–Kier alpha value is -1.68. The van der Waals surface area contributed by atoms with E-state index in [0.717, 1.165) is 17.9 Å². The average Bonchev–Trinajstić information content (AvgIpc) is 2.81. The lowest BCUT2D eigenvalue weighted by atomic mass is 10.1. The van der Waals surface area contributed by atoms with Crippen molar-refractivity contribution in [3.63, 3.8) is 0 Å². The van der Waals surface area contributed by atoms with Crippen LogP contribution in [0.3, 0.4) is 0 Å². The summed E-state index contributed by atoms with van der Waals surface area (Å²) >= 11 is 0. The van der Waals surface area contributed by atoms with Gasteiger partial charge in [0.15, 0.2) is 0 Å². The van der Waals surface area contributed by atoms with E-state index < -0.39 is 0 Å². The summed E-state index contributed by atoms with van der Waals surface area (Å²) < 4.78 is 0. The quantitative estimate of drug-likeness (QED) is 0.853. The molecular formula is C18H24N4. The zero-order chi connectivity index (χ0) is 15.1. The summed E-state index contributed by atoms with van der Waals surface area (Å²) in [6, 6.07) is 7.74. The van der Waals surface area contributed by atoms with Crippen molar-refractivity contribution in [1.82, 2.24) is 14.9 Å². The maximum Gasteiger partial charge on any atom is 0.140 e. The van der Waals surface area contributed by atoms with Crippen LogP contribution in [-0.4, -0.2) is 46.6 Å². The Morgan fingerprint density at radius 2 is 2.00 bits per heavy atom. The van der Waals surface area contributed by atoms with Crippen molar-refractivity contribution in [3.05, 3.63) is 30.1 Å². The monoisotopic (exact) mass is 296 g/mol. The van der Waals surface area contributed by atoms with Crippen molar-refractivity contribution in [2.45, 2.75) is 45.2 Å². The maximum absolute atomic E-state index is 4.70. The zero-order valence-corrected chi connectivity index (χ0v) is 13.5. The summed E-state index contributed by atoms with van der Waals surface area (Å²) in [7, 11) is 0. The van der Waals surface area contributed by atoms with Gasteiger partial charge in [0.2, 0.25) is 0 Å². The van der Waals surface area contributed by atoms with E-state index in [1.807, 2.05) is 0 Å². The van der Waals surface area contributed by atoms with E-state index in [0.29, 0.717) is 12.1 Å². The minimum atomic E-state index is 0.603. The van der Waals surface area contributed by atoms with Crippen LogP contribution in [0.5, 0.6) is 0 Å². The van der Waals surface area contributed by atoms with Crippen LogP contribution in [0.25, 0.3) is 10.9 Å². The number of aromatic nitrogens is 2. The van der Waals surface area contributed by atoms with Gasteiger partial charge in [0, 0.05) is 30.6 Å². The molecule has 0 spiro atoms. The van der Waals surface area contributed by atoms with Gasteiger partial charge < -0.3 is 9.80 Å². The molecule has 22 heavy (non-hydrogen) atoms. The molecule has 2 atom stereocenters. The molecule has 116 valence electrons. The molecule has 4 nitrogen and oxygen atoms in total. The number of hydrogen-bond donors (Lipinski definition) is 0. The predicted octanol–water partition coefficient (Wildman–Crippen LogP) is 3.00. The van der Waals surface area contributed by atoms with Gasteiger partial charge in [0.1, 0.15) is 12.1 Å². The third kappa shape index (κ3) is 2.26. The van der Waals surface area contributed by atoms with E-state index in [-0.39, 0.29) is 0 Å². The lowest BCUT2D eigenvalue weighted by Gasteiger charge is -2.30. The smallest absolute Gasteiger partial charge is 0.140 e. The van der Waals surface area contributed by atoms with Gasteiger partial charge in [0.25, 0.3) is 0 Å². The van der Waals surface area contributed by atoms with Crippen LogP contribution in [0, 0.1) is 6.92 Å². The van der Waals surface area contributed by atoms with E-state index in [4.69, 9.17) is 4.98 Å². The first-order chi connectivity index (χ1) is 10.8. The Balaban J connectivity index is 1.79. The summed E-state index contributed by atoms with van der Waals surface area (Å²) in [5.74, 6) is 1.15. The largest absolute Gasteiger partial charge is 0.349 e. The van der Waals surface area contributed by atoms with Crippen molar-refractivity contribution in [2.24, 2.45) is 0 Å². The third-order valence-electron chi connectivity index (χ3n) is 5.33. The lowest BCUT2D eigenvalue weighted by Crippen LogP contribution is -2.39. The molecule has 2 fully saturated rings. The van der Waals surface area contributed by atoms with Gasteiger partial charge in [-0.1, -0.05) is 18.6 Å². The number of hydrogen-bond acceptors (Lipinski definition) is 4. The molecule has 0 saturated carbocycles. The molecule has 0 N–H and O–H groups in total. The van der Waals surface area contributed by atoms with Crippen LogP contribution >= 0.6 is 0 Å². The molecule has 1 aromatic heterocycles. The van der Waals surface area contributed by atoms with Crippen molar-refractivity contribution in [3.8, 4) is 0 Å². The highest BCUT2D eigenvalue weighted by Crippen LogP contribution is 2.36. The number of rotatable bonds is 2. The summed E-state index contributed by atoms with van der Waals surface area (Å²) in [5, 5.41) is 1.21. The fourth-order valence-electron chi connectivity index (χ4n) is 4.14. The summed E-state index contributed by atoms with van der Waals surface area (Å²) in [6.45, 7) is 7.96. The van der Waals surface area contributed by atoms with Crippen LogP contribution in [0.2, 0.25) is 0 Å². The Bertz CT molecular complexity index is 684. The molecule has 4 rings (SSSR count). The molecule has 2 unspecified atom stereocenters. The molecule has 0 radical (unpaired) electrons. The van der Waals surface area contributed by atoms with Crippen LogP contribution in [-0.2, 0) is 0 Å². The Morgan fingerprint density at radius 1 is 1.14 bits per heavy atom. The minimum Gasteiger partial charge on any atom is -0.349 e. The second-order valence-electron chi connectivity index (χ2n) is 6.69. The normalized spacial score (nSPS) is 25.6. The first-order valence-electron chi connectivity index (χ1n) is 8.48. The molecule has 4 heteroatoms. The standard InChI is InChI=1S/C18H24N4/c1-3-21-9-8-14-5-6-15(11-21)22(14)18-16-10-13(2)4-7-17(16)19-12-20-18/h4,7,10,12,14-15H,3,5-6,8-9,11H2,1-2H3. The Labute approximate surface area is 132 Å². The average molecular weight is 296 g/mol. The van der Waals surface area contributed by atoms with Gasteiger partial charge >= 0.3 is 0 Å². The number of likely N-dealkylation sites (tertiary alicyclic amines) is 1. The molecule has 2 saturated heterocycles. The number of fused-ring (bicyclic) bond motifs is 3. The molecule has 0 aliphatic carbocycles. The van der Waals surface area contributed by atoms with Crippen molar-refractivity contribution >= 4 is 16.7 Å². The number of aryl methyl sites for hydroxylation is 1. The van der Waals surface area contributed by atoms with Gasteiger partial charge in [0.05, 0.1) is 5.52 Å². The van der Waals surface area contributed by atoms with Crippen LogP contribution in [0.4, 0.5) is 5.82 Å². The van der Waals surface area contributed by atoms with Gasteiger partial charge in [-0.2, -0.15) is 0 Å². The van der Waals surface area contributed by atoms with E-state index in [1.165, 1.54) is 43.3 Å². The molecule has 2 aliphatic heterocycles. The summed E-state index contributed by atoms with van der Waals surface area (Å²) in [4.78, 5) is 14.4. The highest BCUT2D eigenvalue weighted by molar-refractivity contribution is 5.90. The number of anilines is 1. The van der Waals surface area contributed by atoms with Crippen LogP contribution in [0.1, 0.15) is 31.7 Å². The number of likely N-dealkylation sites (N-methyl/N-ethyl adjacent to an activating group) is 1. The fraction of sp³-hybridized carbons (Fsp3) is 0.556. The highest BCUT2D eigenvalue weighted by atomic mass is 15.3. The second-order valence-corrected chi connectivity index (χ2v) is 6.69. The Morgan fingerprint density at radius 3 is 2.86 bits per heavy atom. The lowest BCUT2D eigenvalue weighted by molar-refractivity contribution is 0.273. The van der Waals surface area contributed by atoms with Gasteiger partial charge in [-0.3, -0.25) is 0 Å². The highest BCUT2D eigenvalue weighted by Gasteiger charge is 2.38. The first kappa shape index (κ1) is 13.9. The second kappa shape index (κ2) is 5.51. The van der Waals surface area contributed by atoms with E-state index >= 15 is 0 Å². The molecular weight excluding hydrogens is 272 g/mol. The minimum absolute atomic E-state index is 0.603. The number of benzene rings is 1. The third-order valence-corrected chi connectivity index (χ3v) is 5.33. The van der Waals surface area contributed by atoms with Crippen molar-refractivity contribution in [1.29, 1.82) is 0 Å². The van der Waals surface area contributed by atoms with Crippen molar-refractivity contribution < 1.29 is 0 Å². The van der Waals surface area contributed by atoms with E-state index in [9.17, 15) is 0 Å². The molecule has 2 bridgehead atoms. The predicted molar refractivity (Wildman–Crippen MR) is 90.3 cm³/mol. The fourth-order valence-corrected chi connectivity index (χ4v) is 4.14. The number of nitrogens with zero attached hydrogens (tertiary/aromatic N) is 4. The summed E-state index contributed by atoms with van der Waals surface area (Å²) in [6.07, 6.45) is 5.58. The molecule has 2 aliphatic rings. The van der Waals surface area contributed by atoms with Gasteiger partial charge in [-0.15, -0.1) is 0 Å². The zero-order valence-electron chi connectivity index (χ0n) is 13.5. The van der Waals surface area contributed by atoms with Crippen LogP contribution < -0.4 is 4.90 Å². The molecule has 0 amide bonds. The molecule has 3 heterocycles. The SMILES string of the molecule is CCN1CCC2CCC(C1)N2c1ncnc2ccc(C)cc12. The van der Waals surface area contributed by atoms with Gasteiger partial charge in [-0.25, -0.2) is 9.97 Å². The summed E-state index contributed by atoms with van der Waals surface area (Å²) in [5.41, 5.74) is 2.34. The van der Waals surface area contributed by atoms with Crippen molar-refractivity contribution in [2.75, 3.05) is 24.5 Å². The topological polar surface area (TPSA) is 32.3 Å². The molecule has 2 aromatic rings. The first-order valence-corrected chi connectivity index (χ1v) is 8.48.